The lowest BCUT2D eigenvalue weighted by Gasteiger charge is -2.40. The highest BCUT2D eigenvalue weighted by Crippen LogP contribution is 2.31. The molecule has 0 saturated carbocycles. The van der Waals surface area contributed by atoms with Gasteiger partial charge in [-0.15, -0.1) is 0 Å². The Hall–Kier alpha value is -0.870. The molecule has 1 saturated heterocycles. The molecular weight excluding hydrogens is 250 g/mol. The highest BCUT2D eigenvalue weighted by atomic mass is 16.5. The minimum atomic E-state index is 0.0995. The molecule has 0 aliphatic carbocycles. The van der Waals surface area contributed by atoms with Crippen molar-refractivity contribution in [1.29, 1.82) is 0 Å². The van der Waals surface area contributed by atoms with Crippen molar-refractivity contribution >= 4 is 0 Å². The zero-order valence-corrected chi connectivity index (χ0v) is 13.2. The molecule has 0 radical (unpaired) electrons. The molecule has 0 spiro atoms. The molecule has 0 amide bonds. The Balaban J connectivity index is 1.83. The van der Waals surface area contributed by atoms with Crippen LogP contribution in [0.1, 0.15) is 58.4 Å². The van der Waals surface area contributed by atoms with Gasteiger partial charge in [0.15, 0.2) is 0 Å². The summed E-state index contributed by atoms with van der Waals surface area (Å²) in [6.45, 7) is 9.45. The van der Waals surface area contributed by atoms with Gasteiger partial charge in [-0.2, -0.15) is 5.10 Å². The first-order valence-electron chi connectivity index (χ1n) is 8.10. The summed E-state index contributed by atoms with van der Waals surface area (Å²) >= 11 is 0. The summed E-state index contributed by atoms with van der Waals surface area (Å²) in [6, 6.07) is 0.568. The number of hydrogen-bond donors (Lipinski definition) is 1. The molecule has 1 N–H and O–H groups in total. The Bertz CT molecular complexity index is 398. The summed E-state index contributed by atoms with van der Waals surface area (Å²) in [7, 11) is 0. The molecule has 2 heterocycles. The molecule has 2 rings (SSSR count). The Morgan fingerprint density at radius 3 is 2.90 bits per heavy atom. The number of hydrogen-bond acceptors (Lipinski definition) is 3. The highest BCUT2D eigenvalue weighted by Gasteiger charge is 2.34. The third-order valence-electron chi connectivity index (χ3n) is 4.52. The lowest BCUT2D eigenvalue weighted by molar-refractivity contribution is -0.0932. The van der Waals surface area contributed by atoms with Crippen LogP contribution in [0, 0.1) is 0 Å². The Labute approximate surface area is 122 Å². The van der Waals surface area contributed by atoms with E-state index in [1.807, 2.05) is 10.9 Å². The van der Waals surface area contributed by atoms with Crippen LogP contribution in [0.15, 0.2) is 12.4 Å². The Morgan fingerprint density at radius 2 is 2.20 bits per heavy atom. The van der Waals surface area contributed by atoms with Crippen LogP contribution in [0.2, 0.25) is 0 Å². The van der Waals surface area contributed by atoms with Crippen LogP contribution < -0.4 is 5.32 Å². The van der Waals surface area contributed by atoms with Gasteiger partial charge in [0.05, 0.1) is 11.8 Å². The van der Waals surface area contributed by atoms with Gasteiger partial charge in [0.1, 0.15) is 0 Å². The smallest absolute Gasteiger partial charge is 0.0692 e. The van der Waals surface area contributed by atoms with Crippen molar-refractivity contribution in [1.82, 2.24) is 15.1 Å². The molecule has 1 aromatic rings. The van der Waals surface area contributed by atoms with E-state index in [2.05, 4.69) is 37.4 Å². The zero-order chi connectivity index (χ0) is 14.4. The van der Waals surface area contributed by atoms with Crippen LogP contribution in [0.4, 0.5) is 0 Å². The number of ether oxygens (including phenoxy) is 1. The summed E-state index contributed by atoms with van der Waals surface area (Å²) in [5.74, 6) is 0. The third kappa shape index (κ3) is 3.83. The van der Waals surface area contributed by atoms with E-state index in [-0.39, 0.29) is 5.60 Å². The fraction of sp³-hybridized carbons (Fsp3) is 0.812. The molecule has 1 aromatic heterocycles. The summed E-state index contributed by atoms with van der Waals surface area (Å²) < 4.78 is 8.06. The normalized spacial score (nSPS) is 22.1. The van der Waals surface area contributed by atoms with E-state index >= 15 is 0 Å². The molecule has 1 aliphatic rings. The van der Waals surface area contributed by atoms with E-state index in [4.69, 9.17) is 4.74 Å². The monoisotopic (exact) mass is 279 g/mol. The molecule has 0 aromatic carbocycles. The quantitative estimate of drug-likeness (QED) is 0.833. The van der Waals surface area contributed by atoms with Gasteiger partial charge in [-0.3, -0.25) is 4.68 Å². The predicted octanol–water partition coefficient (Wildman–Crippen LogP) is 3.12. The largest absolute Gasteiger partial charge is 0.375 e. The molecule has 4 heteroatoms. The average Bonchev–Trinajstić information content (AvgIpc) is 2.93. The third-order valence-corrected chi connectivity index (χ3v) is 4.52. The molecule has 1 unspecified atom stereocenters. The second-order valence-electron chi connectivity index (χ2n) is 5.92. The van der Waals surface area contributed by atoms with Crippen molar-refractivity contribution in [2.45, 2.75) is 77.6 Å². The van der Waals surface area contributed by atoms with Gasteiger partial charge >= 0.3 is 0 Å². The molecule has 20 heavy (non-hydrogen) atoms. The van der Waals surface area contributed by atoms with Crippen LogP contribution in [0.3, 0.4) is 0 Å². The topological polar surface area (TPSA) is 39.1 Å². The molecule has 1 aliphatic heterocycles. The van der Waals surface area contributed by atoms with Crippen LogP contribution in [-0.4, -0.2) is 28.0 Å². The first kappa shape index (κ1) is 15.5. The summed E-state index contributed by atoms with van der Waals surface area (Å²) in [4.78, 5) is 0. The number of rotatable bonds is 7. The fourth-order valence-electron chi connectivity index (χ4n) is 3.06. The highest BCUT2D eigenvalue weighted by molar-refractivity contribution is 5.04. The lowest BCUT2D eigenvalue weighted by atomic mass is 9.86. The van der Waals surface area contributed by atoms with E-state index in [9.17, 15) is 0 Å². The van der Waals surface area contributed by atoms with Crippen molar-refractivity contribution in [3.05, 3.63) is 18.0 Å². The Kier molecular flexibility index (Phi) is 5.61. The molecule has 4 nitrogen and oxygen atoms in total. The lowest BCUT2D eigenvalue weighted by Crippen LogP contribution is -2.46. The first-order chi connectivity index (χ1) is 9.71. The van der Waals surface area contributed by atoms with Crippen molar-refractivity contribution in [2.75, 3.05) is 6.61 Å². The zero-order valence-electron chi connectivity index (χ0n) is 13.2. The van der Waals surface area contributed by atoms with Crippen LogP contribution in [0.25, 0.3) is 0 Å². The summed E-state index contributed by atoms with van der Waals surface area (Å²) in [5.41, 5.74) is 1.38. The van der Waals surface area contributed by atoms with E-state index in [0.29, 0.717) is 6.04 Å². The standard InChI is InChI=1S/C16H29N3O/c1-4-8-19-13-14(12-18-19)11-17-15-7-9-20-16(5-2,6-3)10-15/h12-13,15,17H,4-11H2,1-3H3. The van der Waals surface area contributed by atoms with Crippen molar-refractivity contribution in [2.24, 2.45) is 0 Å². The number of nitrogens with zero attached hydrogens (tertiary/aromatic N) is 2. The number of aryl methyl sites for hydroxylation is 1. The maximum Gasteiger partial charge on any atom is 0.0692 e. The first-order valence-corrected chi connectivity index (χ1v) is 8.10. The van der Waals surface area contributed by atoms with Crippen molar-refractivity contribution < 1.29 is 4.74 Å². The average molecular weight is 279 g/mol. The number of nitrogens with one attached hydrogen (secondary N) is 1. The summed E-state index contributed by atoms with van der Waals surface area (Å²) in [5, 5.41) is 8.07. The van der Waals surface area contributed by atoms with Gasteiger partial charge in [-0.25, -0.2) is 0 Å². The number of aromatic nitrogens is 2. The SMILES string of the molecule is CCCn1cc(CNC2CCOC(CC)(CC)C2)cn1. The van der Waals surface area contributed by atoms with Gasteiger partial charge in [0.25, 0.3) is 0 Å². The van der Waals surface area contributed by atoms with Crippen LogP contribution in [-0.2, 0) is 17.8 Å². The molecule has 1 fully saturated rings. The fourth-order valence-corrected chi connectivity index (χ4v) is 3.06. The van der Waals surface area contributed by atoms with E-state index in [1.165, 1.54) is 5.56 Å². The van der Waals surface area contributed by atoms with Gasteiger partial charge in [-0.1, -0.05) is 20.8 Å². The van der Waals surface area contributed by atoms with E-state index < -0.39 is 0 Å². The van der Waals surface area contributed by atoms with Crippen LogP contribution >= 0.6 is 0 Å². The second-order valence-corrected chi connectivity index (χ2v) is 5.92. The van der Waals surface area contributed by atoms with E-state index in [1.54, 1.807) is 0 Å². The Morgan fingerprint density at radius 1 is 1.40 bits per heavy atom. The summed E-state index contributed by atoms with van der Waals surface area (Å²) in [6.07, 6.45) is 9.72. The van der Waals surface area contributed by atoms with Gasteiger partial charge in [0.2, 0.25) is 0 Å². The van der Waals surface area contributed by atoms with Gasteiger partial charge < -0.3 is 10.1 Å². The predicted molar refractivity (Wildman–Crippen MR) is 81.6 cm³/mol. The minimum Gasteiger partial charge on any atom is -0.375 e. The van der Waals surface area contributed by atoms with Crippen molar-refractivity contribution in [3.8, 4) is 0 Å². The van der Waals surface area contributed by atoms with Gasteiger partial charge in [0, 0.05) is 37.5 Å². The van der Waals surface area contributed by atoms with Gasteiger partial charge in [-0.05, 0) is 32.1 Å². The molecule has 0 bridgehead atoms. The molecule has 1 atom stereocenters. The maximum atomic E-state index is 6.03. The van der Waals surface area contributed by atoms with E-state index in [0.717, 1.165) is 51.8 Å². The van der Waals surface area contributed by atoms with Crippen molar-refractivity contribution in [3.63, 3.8) is 0 Å². The minimum absolute atomic E-state index is 0.0995. The molecule has 114 valence electrons. The van der Waals surface area contributed by atoms with Crippen LogP contribution in [0.5, 0.6) is 0 Å². The maximum absolute atomic E-state index is 6.03. The second kappa shape index (κ2) is 7.23. The molecular formula is C16H29N3O.